The Kier molecular flexibility index (Phi) is 8.87. The Morgan fingerprint density at radius 3 is 1.98 bits per heavy atom. The molecule has 0 spiro atoms. The van der Waals surface area contributed by atoms with Crippen molar-refractivity contribution in [3.05, 3.63) is 94.8 Å². The third-order valence-corrected chi connectivity index (χ3v) is 8.46. The predicted octanol–water partition coefficient (Wildman–Crippen LogP) is 4.57. The zero-order valence-corrected chi connectivity index (χ0v) is 24.1. The van der Waals surface area contributed by atoms with Crippen LogP contribution in [0.15, 0.2) is 66.7 Å². The quantitative estimate of drug-likeness (QED) is 0.358. The Balaban J connectivity index is 1.59. The van der Waals surface area contributed by atoms with Crippen LogP contribution in [0.1, 0.15) is 37.8 Å². The van der Waals surface area contributed by atoms with Crippen molar-refractivity contribution in [3.8, 4) is 11.5 Å². The molecule has 3 aromatic rings. The molecule has 8 nitrogen and oxygen atoms in total. The molecule has 2 heterocycles. The summed E-state index contributed by atoms with van der Waals surface area (Å²) in [5.74, 6) is -1.45. The van der Waals surface area contributed by atoms with Crippen molar-refractivity contribution in [1.82, 2.24) is 15.1 Å². The van der Waals surface area contributed by atoms with Gasteiger partial charge in [0.15, 0.2) is 11.6 Å². The summed E-state index contributed by atoms with van der Waals surface area (Å²) in [6.45, 7) is 4.57. The molecule has 3 aromatic carbocycles. The number of carbonyl (C=O) groups is 3. The van der Waals surface area contributed by atoms with Gasteiger partial charge < -0.3 is 24.6 Å². The van der Waals surface area contributed by atoms with Gasteiger partial charge >= 0.3 is 6.03 Å². The van der Waals surface area contributed by atoms with E-state index in [0.717, 1.165) is 0 Å². The van der Waals surface area contributed by atoms with Gasteiger partial charge in [-0.3, -0.25) is 9.59 Å². The summed E-state index contributed by atoms with van der Waals surface area (Å²) in [6.07, 6.45) is 0. The highest BCUT2D eigenvalue weighted by molar-refractivity contribution is 6.02. The molecule has 2 atom stereocenters. The highest BCUT2D eigenvalue weighted by atomic mass is 19.1. The maximum atomic E-state index is 15.0. The van der Waals surface area contributed by atoms with E-state index < -0.39 is 17.8 Å². The first kappa shape index (κ1) is 29.3. The molecular weight excluding hydrogens is 537 g/mol. The van der Waals surface area contributed by atoms with E-state index in [4.69, 9.17) is 9.47 Å². The van der Waals surface area contributed by atoms with E-state index in [1.165, 1.54) is 6.07 Å². The second-order valence-electron chi connectivity index (χ2n) is 10.9. The lowest BCUT2D eigenvalue weighted by atomic mass is 9.67. The van der Waals surface area contributed by atoms with Crippen LogP contribution in [0.25, 0.3) is 0 Å². The number of hydrogen-bond acceptors (Lipinski definition) is 6. The van der Waals surface area contributed by atoms with Crippen LogP contribution in [-0.4, -0.2) is 80.9 Å². The van der Waals surface area contributed by atoms with Crippen molar-refractivity contribution in [3.63, 3.8) is 0 Å². The summed E-state index contributed by atoms with van der Waals surface area (Å²) in [4.78, 5) is 44.7. The molecule has 0 bridgehead atoms. The number of Topliss-reactive ketones (excluding diaryl/α,β-unsaturated/α-hetero) is 2. The lowest BCUT2D eigenvalue weighted by molar-refractivity contribution is 0.0557. The van der Waals surface area contributed by atoms with E-state index in [0.29, 0.717) is 73.0 Å². The second-order valence-corrected chi connectivity index (χ2v) is 10.9. The van der Waals surface area contributed by atoms with E-state index in [1.807, 2.05) is 6.07 Å². The molecule has 220 valence electrons. The highest BCUT2D eigenvalue weighted by Gasteiger charge is 2.45. The molecule has 2 aliphatic rings. The molecule has 5 rings (SSSR count). The first-order valence-electron chi connectivity index (χ1n) is 14.2. The first-order valence-corrected chi connectivity index (χ1v) is 14.2. The number of carbonyl (C=O) groups excluding carboxylic acids is 3. The Labute approximate surface area is 245 Å². The Hall–Kier alpha value is -4.24. The molecule has 9 heteroatoms. The van der Waals surface area contributed by atoms with Crippen molar-refractivity contribution in [2.75, 3.05) is 53.5 Å². The fraction of sp³-hybridized carbons (Fsp3) is 0.364. The number of urea groups is 1. The summed E-state index contributed by atoms with van der Waals surface area (Å²) in [6, 6.07) is 18.7. The molecule has 0 aliphatic carbocycles. The van der Waals surface area contributed by atoms with Crippen molar-refractivity contribution >= 4 is 17.6 Å². The molecule has 2 fully saturated rings. The van der Waals surface area contributed by atoms with Crippen LogP contribution in [0, 0.1) is 24.6 Å². The van der Waals surface area contributed by atoms with Crippen molar-refractivity contribution < 1.29 is 28.2 Å². The highest BCUT2D eigenvalue weighted by Crippen LogP contribution is 2.42. The maximum absolute atomic E-state index is 15.0. The lowest BCUT2D eigenvalue weighted by Crippen LogP contribution is -2.52. The van der Waals surface area contributed by atoms with Gasteiger partial charge in [0.25, 0.3) is 0 Å². The van der Waals surface area contributed by atoms with E-state index >= 15 is 0 Å². The number of methoxy groups -OCH3 is 2. The maximum Gasteiger partial charge on any atom is 0.317 e. The predicted molar refractivity (Wildman–Crippen MR) is 157 cm³/mol. The molecule has 2 unspecified atom stereocenters. The van der Waals surface area contributed by atoms with Crippen molar-refractivity contribution in [2.24, 2.45) is 11.8 Å². The number of hydrogen-bond donors (Lipinski definition) is 1. The number of rotatable bonds is 10. The van der Waals surface area contributed by atoms with Crippen LogP contribution in [-0.2, 0) is 0 Å². The summed E-state index contributed by atoms with van der Waals surface area (Å²) in [5, 5.41) is 2.82. The number of ketones is 2. The Morgan fingerprint density at radius 2 is 1.45 bits per heavy atom. The minimum atomic E-state index is -0.654. The summed E-state index contributed by atoms with van der Waals surface area (Å²) in [7, 11) is 3.09. The number of amides is 2. The third-order valence-electron chi connectivity index (χ3n) is 8.46. The molecule has 2 aliphatic heterocycles. The van der Waals surface area contributed by atoms with E-state index in [9.17, 15) is 18.8 Å². The van der Waals surface area contributed by atoms with Gasteiger partial charge in [0.2, 0.25) is 0 Å². The average Bonchev–Trinajstić information content (AvgIpc) is 3.44. The molecular formula is C33H36FN3O5. The zero-order chi connectivity index (χ0) is 29.8. The molecule has 0 radical (unpaired) electrons. The molecule has 2 saturated heterocycles. The fourth-order valence-electron chi connectivity index (χ4n) is 6.20. The topological polar surface area (TPSA) is 88.2 Å². The van der Waals surface area contributed by atoms with Crippen LogP contribution in [0.5, 0.6) is 11.5 Å². The number of piperidine rings is 1. The van der Waals surface area contributed by atoms with E-state index in [1.54, 1.807) is 80.6 Å². The Morgan fingerprint density at radius 1 is 0.881 bits per heavy atom. The van der Waals surface area contributed by atoms with Crippen LogP contribution in [0.2, 0.25) is 0 Å². The summed E-state index contributed by atoms with van der Waals surface area (Å²) >= 11 is 0. The van der Waals surface area contributed by atoms with Crippen LogP contribution >= 0.6 is 0 Å². The number of nitrogens with zero attached hydrogens (tertiary/aromatic N) is 2. The van der Waals surface area contributed by atoms with Crippen LogP contribution in [0.4, 0.5) is 9.18 Å². The summed E-state index contributed by atoms with van der Waals surface area (Å²) < 4.78 is 25.7. The SMILES string of the molecule is COc1cccc(C(=O)C2CN(CCN3CCNC3=O)CC(C(=O)c3cccc(OC)c3)C2c2cccc(F)c2C)c1. The van der Waals surface area contributed by atoms with Gasteiger partial charge in [-0.25, -0.2) is 9.18 Å². The minimum Gasteiger partial charge on any atom is -0.497 e. The monoisotopic (exact) mass is 573 g/mol. The van der Waals surface area contributed by atoms with Gasteiger partial charge in [0, 0.05) is 68.1 Å². The van der Waals surface area contributed by atoms with Crippen molar-refractivity contribution in [1.29, 1.82) is 0 Å². The minimum absolute atomic E-state index is 0.117. The molecule has 0 saturated carbocycles. The Bertz CT molecular complexity index is 1410. The zero-order valence-electron chi connectivity index (χ0n) is 24.1. The third kappa shape index (κ3) is 6.01. The molecule has 42 heavy (non-hydrogen) atoms. The van der Waals surface area contributed by atoms with Crippen molar-refractivity contribution in [2.45, 2.75) is 12.8 Å². The molecule has 2 amide bonds. The van der Waals surface area contributed by atoms with Gasteiger partial charge in [-0.05, 0) is 48.4 Å². The van der Waals surface area contributed by atoms with Gasteiger partial charge in [-0.15, -0.1) is 0 Å². The summed E-state index contributed by atoms with van der Waals surface area (Å²) in [5.41, 5.74) is 2.01. The number of benzene rings is 3. The van der Waals surface area contributed by atoms with Gasteiger partial charge in [0.05, 0.1) is 14.2 Å². The average molecular weight is 574 g/mol. The standard InChI is InChI=1S/C33H36FN3O5/c1-21-26(11-6-12-29(21)34)30-27(31(38)22-7-4-9-24(17-22)41-2)19-36(15-16-37-14-13-35-33(37)40)20-28(30)32(39)23-8-5-10-25(18-23)42-3/h4-12,17-18,27-28,30H,13-16,19-20H2,1-3H3,(H,35,40). The second kappa shape index (κ2) is 12.7. The number of nitrogens with one attached hydrogen (secondary N) is 1. The van der Waals surface area contributed by atoms with Gasteiger partial charge in [-0.2, -0.15) is 0 Å². The normalized spacial score (nSPS) is 20.7. The number of ether oxygens (including phenoxy) is 2. The lowest BCUT2D eigenvalue weighted by Gasteiger charge is -2.44. The number of halogens is 1. The van der Waals surface area contributed by atoms with Crippen LogP contribution in [0.3, 0.4) is 0 Å². The van der Waals surface area contributed by atoms with Gasteiger partial charge in [0.1, 0.15) is 17.3 Å². The fourth-order valence-corrected chi connectivity index (χ4v) is 6.20. The first-order chi connectivity index (χ1) is 20.3. The van der Waals surface area contributed by atoms with Crippen LogP contribution < -0.4 is 14.8 Å². The van der Waals surface area contributed by atoms with E-state index in [2.05, 4.69) is 10.2 Å². The number of likely N-dealkylation sites (tertiary alicyclic amines) is 1. The smallest absolute Gasteiger partial charge is 0.317 e. The van der Waals surface area contributed by atoms with Gasteiger partial charge in [-0.1, -0.05) is 36.4 Å². The van der Waals surface area contributed by atoms with E-state index in [-0.39, 0.29) is 23.4 Å². The molecule has 1 N–H and O–H groups in total. The molecule has 0 aromatic heterocycles. The largest absolute Gasteiger partial charge is 0.497 e.